The van der Waals surface area contributed by atoms with Gasteiger partial charge in [-0.15, -0.1) is 0 Å². The highest BCUT2D eigenvalue weighted by Gasteiger charge is 2.60. The summed E-state index contributed by atoms with van der Waals surface area (Å²) >= 11 is 0. The molecule has 1 amide bonds. The summed E-state index contributed by atoms with van der Waals surface area (Å²) in [5.74, 6) is 0.227. The van der Waals surface area contributed by atoms with E-state index in [2.05, 4.69) is 52.6 Å². The van der Waals surface area contributed by atoms with Crippen LogP contribution < -0.4 is 5.32 Å². The number of hydrogen-bond acceptors (Lipinski definition) is 3. The van der Waals surface area contributed by atoms with E-state index in [1.165, 1.54) is 24.8 Å². The van der Waals surface area contributed by atoms with Crippen LogP contribution in [0.15, 0.2) is 48.8 Å². The van der Waals surface area contributed by atoms with Crippen molar-refractivity contribution >= 4 is 5.91 Å². The van der Waals surface area contributed by atoms with Crippen LogP contribution >= 0.6 is 0 Å². The van der Waals surface area contributed by atoms with Gasteiger partial charge in [0, 0.05) is 42.0 Å². The van der Waals surface area contributed by atoms with Crippen LogP contribution in [0.25, 0.3) is 0 Å². The molecule has 1 aromatic heterocycles. The summed E-state index contributed by atoms with van der Waals surface area (Å²) in [6, 6.07) is 14.0. The maximum absolute atomic E-state index is 13.4. The third-order valence-electron chi connectivity index (χ3n) is 7.44. The lowest BCUT2D eigenvalue weighted by molar-refractivity contribution is -0.136. The SMILES string of the molecule is C[C@@]12C[C@H]3[C@@H](Cc4ccccc4)N[C@@H]1CCCC[C@@H]2N3C(=O)Cn1cccn1. The van der Waals surface area contributed by atoms with Crippen LogP contribution in [0.2, 0.25) is 0 Å². The minimum atomic E-state index is 0.189. The van der Waals surface area contributed by atoms with Crippen molar-refractivity contribution in [2.24, 2.45) is 5.41 Å². The predicted molar refractivity (Wildman–Crippen MR) is 109 cm³/mol. The molecule has 0 spiro atoms. The normalized spacial score (nSPS) is 34.2. The molecule has 2 aliphatic heterocycles. The Bertz CT molecular complexity index is 820. The average molecular weight is 379 g/mol. The fraction of sp³-hybridized carbons (Fsp3) is 0.565. The maximum atomic E-state index is 13.4. The first-order chi connectivity index (χ1) is 13.6. The summed E-state index contributed by atoms with van der Waals surface area (Å²) in [6.45, 7) is 2.77. The number of benzene rings is 1. The molecule has 1 aromatic carbocycles. The molecule has 3 heterocycles. The molecule has 5 rings (SSSR count). The summed E-state index contributed by atoms with van der Waals surface area (Å²) in [4.78, 5) is 15.7. The monoisotopic (exact) mass is 378 g/mol. The standard InChI is InChI=1S/C23H30N4O/c1-23-15-19-18(14-17-8-3-2-4-9-17)25-20(23)10-5-6-11-21(23)27(19)22(28)16-26-13-7-12-24-26/h2-4,7-9,12-13,18-21,25H,5-6,10-11,14-16H2,1H3/t18-,19+,20-,21+,23-/m1/s1. The van der Waals surface area contributed by atoms with Crippen molar-refractivity contribution < 1.29 is 4.79 Å². The van der Waals surface area contributed by atoms with E-state index in [9.17, 15) is 4.79 Å². The van der Waals surface area contributed by atoms with Crippen molar-refractivity contribution in [1.82, 2.24) is 20.0 Å². The van der Waals surface area contributed by atoms with Gasteiger partial charge in [0.25, 0.3) is 0 Å². The van der Waals surface area contributed by atoms with Gasteiger partial charge in [-0.1, -0.05) is 50.1 Å². The van der Waals surface area contributed by atoms with E-state index in [1.807, 2.05) is 12.3 Å². The minimum absolute atomic E-state index is 0.189. The molecule has 1 saturated carbocycles. The molecule has 3 aliphatic rings. The molecule has 2 saturated heterocycles. The molecule has 1 aliphatic carbocycles. The molecule has 2 bridgehead atoms. The highest BCUT2D eigenvalue weighted by atomic mass is 16.2. The highest BCUT2D eigenvalue weighted by Crippen LogP contribution is 2.52. The molecule has 0 unspecified atom stereocenters. The van der Waals surface area contributed by atoms with Crippen molar-refractivity contribution in [3.8, 4) is 0 Å². The first-order valence-electron chi connectivity index (χ1n) is 10.7. The Hall–Kier alpha value is -2.14. The summed E-state index contributed by atoms with van der Waals surface area (Å²) in [5, 5.41) is 8.27. The van der Waals surface area contributed by atoms with Crippen molar-refractivity contribution in [3.05, 3.63) is 54.4 Å². The van der Waals surface area contributed by atoms with Crippen molar-refractivity contribution in [2.45, 2.75) is 76.2 Å². The number of fused-ring (bicyclic) bond motifs is 1. The second-order valence-corrected chi connectivity index (χ2v) is 9.10. The number of carbonyl (C=O) groups excluding carboxylic acids is 1. The van der Waals surface area contributed by atoms with Crippen molar-refractivity contribution in [2.75, 3.05) is 0 Å². The van der Waals surface area contributed by atoms with E-state index in [0.29, 0.717) is 24.7 Å². The molecule has 0 radical (unpaired) electrons. The molecule has 3 fully saturated rings. The topological polar surface area (TPSA) is 50.2 Å². The van der Waals surface area contributed by atoms with Gasteiger partial charge in [-0.2, -0.15) is 5.10 Å². The molecule has 148 valence electrons. The van der Waals surface area contributed by atoms with Gasteiger partial charge in [0.05, 0.1) is 0 Å². The second kappa shape index (κ2) is 7.03. The van der Waals surface area contributed by atoms with Gasteiger partial charge >= 0.3 is 0 Å². The lowest BCUT2D eigenvalue weighted by Crippen LogP contribution is -2.57. The Morgan fingerprint density at radius 1 is 1.21 bits per heavy atom. The van der Waals surface area contributed by atoms with E-state index >= 15 is 0 Å². The number of aromatic nitrogens is 2. The quantitative estimate of drug-likeness (QED) is 0.890. The fourth-order valence-corrected chi connectivity index (χ4v) is 6.11. The van der Waals surface area contributed by atoms with Crippen LogP contribution in [0.4, 0.5) is 0 Å². The van der Waals surface area contributed by atoms with E-state index in [0.717, 1.165) is 19.3 Å². The smallest absolute Gasteiger partial charge is 0.244 e. The molecule has 5 atom stereocenters. The first kappa shape index (κ1) is 17.9. The molecule has 5 heteroatoms. The van der Waals surface area contributed by atoms with Crippen LogP contribution in [-0.2, 0) is 17.8 Å². The minimum Gasteiger partial charge on any atom is -0.333 e. The van der Waals surface area contributed by atoms with Gasteiger partial charge in [0.15, 0.2) is 0 Å². The van der Waals surface area contributed by atoms with Crippen molar-refractivity contribution in [1.29, 1.82) is 0 Å². The van der Waals surface area contributed by atoms with Gasteiger partial charge in [0.2, 0.25) is 5.91 Å². The third-order valence-corrected chi connectivity index (χ3v) is 7.44. The number of nitrogens with one attached hydrogen (secondary N) is 1. The maximum Gasteiger partial charge on any atom is 0.244 e. The average Bonchev–Trinajstić information content (AvgIpc) is 3.25. The highest BCUT2D eigenvalue weighted by molar-refractivity contribution is 5.77. The van der Waals surface area contributed by atoms with E-state index in [-0.39, 0.29) is 17.4 Å². The zero-order valence-electron chi connectivity index (χ0n) is 16.6. The molecular weight excluding hydrogens is 348 g/mol. The second-order valence-electron chi connectivity index (χ2n) is 9.10. The number of amides is 1. The largest absolute Gasteiger partial charge is 0.333 e. The fourth-order valence-electron chi connectivity index (χ4n) is 6.11. The van der Waals surface area contributed by atoms with Crippen LogP contribution in [0.3, 0.4) is 0 Å². The summed E-state index contributed by atoms with van der Waals surface area (Å²) in [5.41, 5.74) is 1.54. The van der Waals surface area contributed by atoms with Crippen LogP contribution in [0, 0.1) is 5.41 Å². The Labute approximate surface area is 167 Å². The lowest BCUT2D eigenvalue weighted by Gasteiger charge is -2.43. The van der Waals surface area contributed by atoms with E-state index < -0.39 is 0 Å². The summed E-state index contributed by atoms with van der Waals surface area (Å²) in [6.07, 6.45) is 10.6. The van der Waals surface area contributed by atoms with Crippen molar-refractivity contribution in [3.63, 3.8) is 0 Å². The van der Waals surface area contributed by atoms with Gasteiger partial charge in [0.1, 0.15) is 6.54 Å². The van der Waals surface area contributed by atoms with Gasteiger partial charge < -0.3 is 10.2 Å². The van der Waals surface area contributed by atoms with Crippen LogP contribution in [0.5, 0.6) is 0 Å². The first-order valence-corrected chi connectivity index (χ1v) is 10.7. The number of carbonyl (C=O) groups is 1. The molecule has 28 heavy (non-hydrogen) atoms. The Kier molecular flexibility index (Phi) is 4.50. The van der Waals surface area contributed by atoms with Gasteiger partial charge in [-0.05, 0) is 37.3 Å². The van der Waals surface area contributed by atoms with Crippen LogP contribution in [0.1, 0.15) is 44.6 Å². The van der Waals surface area contributed by atoms with E-state index in [4.69, 9.17) is 0 Å². The van der Waals surface area contributed by atoms with Crippen LogP contribution in [-0.4, -0.2) is 44.8 Å². The number of piperidine rings is 1. The predicted octanol–water partition coefficient (Wildman–Crippen LogP) is 3.02. The Balaban J connectivity index is 1.46. The number of likely N-dealkylation sites (tertiary alicyclic amines) is 1. The lowest BCUT2D eigenvalue weighted by atomic mass is 9.70. The zero-order chi connectivity index (χ0) is 19.1. The third kappa shape index (κ3) is 2.96. The molecule has 5 nitrogen and oxygen atoms in total. The zero-order valence-corrected chi connectivity index (χ0v) is 16.6. The van der Waals surface area contributed by atoms with E-state index in [1.54, 1.807) is 10.9 Å². The molecule has 2 aromatic rings. The Morgan fingerprint density at radius 2 is 2.04 bits per heavy atom. The summed E-state index contributed by atoms with van der Waals surface area (Å²) < 4.78 is 1.76. The van der Waals surface area contributed by atoms with Gasteiger partial charge in [-0.25, -0.2) is 0 Å². The number of nitrogens with zero attached hydrogens (tertiary/aromatic N) is 3. The number of hydrogen-bond donors (Lipinski definition) is 1. The summed E-state index contributed by atoms with van der Waals surface area (Å²) in [7, 11) is 0. The Morgan fingerprint density at radius 3 is 2.82 bits per heavy atom. The molecular formula is C23H30N4O. The van der Waals surface area contributed by atoms with Gasteiger partial charge in [-0.3, -0.25) is 9.48 Å². The number of rotatable bonds is 4. The molecule has 1 N–H and O–H groups in total.